The zero-order valence-electron chi connectivity index (χ0n) is 16.3. The van der Waals surface area contributed by atoms with Gasteiger partial charge in [-0.1, -0.05) is 34.6 Å². The van der Waals surface area contributed by atoms with Gasteiger partial charge < -0.3 is 9.84 Å². The molecule has 0 spiro atoms. The van der Waals surface area contributed by atoms with Gasteiger partial charge in [-0.25, -0.2) is 4.79 Å². The molecule has 8 nitrogen and oxygen atoms in total. The molecule has 0 aliphatic heterocycles. The Labute approximate surface area is 175 Å². The molecule has 0 unspecified atom stereocenters. The molecule has 0 bridgehead atoms. The van der Waals surface area contributed by atoms with Crippen LogP contribution in [0.5, 0.6) is 0 Å². The topological polar surface area (TPSA) is 114 Å². The fraction of sp³-hybridized carbons (Fsp3) is 0.143. The lowest BCUT2D eigenvalue weighted by Crippen LogP contribution is -2.13. The first-order valence-corrected chi connectivity index (χ1v) is 10.1. The monoisotopic (exact) mass is 422 g/mol. The van der Waals surface area contributed by atoms with Crippen LogP contribution in [0.25, 0.3) is 11.4 Å². The second-order valence-electron chi connectivity index (χ2n) is 6.57. The average Bonchev–Trinajstić information content (AvgIpc) is 3.32. The van der Waals surface area contributed by atoms with E-state index in [2.05, 4.69) is 25.1 Å². The summed E-state index contributed by atoms with van der Waals surface area (Å²) >= 11 is 1.55. The van der Waals surface area contributed by atoms with Crippen molar-refractivity contribution in [2.45, 2.75) is 24.5 Å². The summed E-state index contributed by atoms with van der Waals surface area (Å²) in [5.74, 6) is 0.864. The number of thioether (sulfide) groups is 1. The number of rotatable bonds is 6. The SMILES string of the molecule is Cc1noc(C)c1CSc1ccccc1C(=O)Nc1cccc(-c2noc(=O)[nH]2)c1. The van der Waals surface area contributed by atoms with Gasteiger partial charge in [0.05, 0.1) is 11.3 Å². The Morgan fingerprint density at radius 2 is 1.93 bits per heavy atom. The van der Waals surface area contributed by atoms with Crippen LogP contribution < -0.4 is 11.1 Å². The summed E-state index contributed by atoms with van der Waals surface area (Å²) in [7, 11) is 0. The Morgan fingerprint density at radius 1 is 1.10 bits per heavy atom. The van der Waals surface area contributed by atoms with Gasteiger partial charge in [-0.15, -0.1) is 11.8 Å². The normalized spacial score (nSPS) is 10.9. The third-order valence-electron chi connectivity index (χ3n) is 4.52. The quantitative estimate of drug-likeness (QED) is 0.448. The molecule has 0 atom stereocenters. The number of nitrogens with one attached hydrogen (secondary N) is 2. The molecule has 0 fully saturated rings. The molecular formula is C21H18N4O4S. The Hall–Kier alpha value is -3.59. The minimum absolute atomic E-state index is 0.234. The molecule has 0 aliphatic rings. The highest BCUT2D eigenvalue weighted by Crippen LogP contribution is 2.29. The van der Waals surface area contributed by atoms with E-state index in [4.69, 9.17) is 4.52 Å². The van der Waals surface area contributed by atoms with Gasteiger partial charge in [0.1, 0.15) is 5.76 Å². The minimum Gasteiger partial charge on any atom is -0.361 e. The Balaban J connectivity index is 1.52. The first-order chi connectivity index (χ1) is 14.5. The molecule has 2 aromatic carbocycles. The summed E-state index contributed by atoms with van der Waals surface area (Å²) in [6, 6.07) is 14.4. The van der Waals surface area contributed by atoms with E-state index in [1.807, 2.05) is 32.0 Å². The zero-order valence-corrected chi connectivity index (χ0v) is 17.1. The maximum absolute atomic E-state index is 12.9. The van der Waals surface area contributed by atoms with E-state index < -0.39 is 5.76 Å². The smallest absolute Gasteiger partial charge is 0.361 e. The van der Waals surface area contributed by atoms with Crippen LogP contribution in [0.15, 0.2) is 67.3 Å². The third kappa shape index (κ3) is 4.20. The largest absolute Gasteiger partial charge is 0.439 e. The summed E-state index contributed by atoms with van der Waals surface area (Å²) in [4.78, 5) is 27.5. The molecule has 4 rings (SSSR count). The van der Waals surface area contributed by atoms with Crippen molar-refractivity contribution in [3.8, 4) is 11.4 Å². The average molecular weight is 422 g/mol. The van der Waals surface area contributed by atoms with E-state index in [0.29, 0.717) is 28.4 Å². The summed E-state index contributed by atoms with van der Waals surface area (Å²) in [6.07, 6.45) is 0. The van der Waals surface area contributed by atoms with Gasteiger partial charge in [-0.05, 0) is 38.1 Å². The molecule has 2 aromatic heterocycles. The minimum atomic E-state index is -0.635. The van der Waals surface area contributed by atoms with Crippen LogP contribution in [0.1, 0.15) is 27.4 Å². The van der Waals surface area contributed by atoms with Crippen LogP contribution in [0.3, 0.4) is 0 Å². The molecule has 1 amide bonds. The lowest BCUT2D eigenvalue weighted by molar-refractivity contribution is 0.102. The van der Waals surface area contributed by atoms with Gasteiger partial charge >= 0.3 is 5.76 Å². The van der Waals surface area contributed by atoms with Gasteiger partial charge in [0.25, 0.3) is 5.91 Å². The van der Waals surface area contributed by atoms with Gasteiger partial charge in [-0.2, -0.15) is 0 Å². The molecule has 0 saturated carbocycles. The first kappa shape index (κ1) is 19.7. The number of carbonyl (C=O) groups excluding carboxylic acids is 1. The van der Waals surface area contributed by atoms with E-state index in [0.717, 1.165) is 21.9 Å². The number of H-pyrrole nitrogens is 1. The number of amides is 1. The highest BCUT2D eigenvalue weighted by Gasteiger charge is 2.15. The van der Waals surface area contributed by atoms with Crippen molar-refractivity contribution < 1.29 is 13.8 Å². The number of aryl methyl sites for hydroxylation is 2. The van der Waals surface area contributed by atoms with Crippen molar-refractivity contribution in [2.24, 2.45) is 0 Å². The van der Waals surface area contributed by atoms with Crippen molar-refractivity contribution in [1.82, 2.24) is 15.3 Å². The second-order valence-corrected chi connectivity index (χ2v) is 7.58. The van der Waals surface area contributed by atoms with Crippen molar-refractivity contribution in [1.29, 1.82) is 0 Å². The van der Waals surface area contributed by atoms with E-state index in [9.17, 15) is 9.59 Å². The maximum Gasteiger partial charge on any atom is 0.439 e. The molecule has 152 valence electrons. The number of aromatic amines is 1. The van der Waals surface area contributed by atoms with Crippen LogP contribution >= 0.6 is 11.8 Å². The predicted molar refractivity (Wildman–Crippen MR) is 112 cm³/mol. The van der Waals surface area contributed by atoms with Crippen LogP contribution in [-0.4, -0.2) is 21.2 Å². The molecule has 2 heterocycles. The molecule has 4 aromatic rings. The number of nitrogens with zero attached hydrogens (tertiary/aromatic N) is 2. The molecule has 0 aliphatic carbocycles. The Kier molecular flexibility index (Phi) is 5.53. The van der Waals surface area contributed by atoms with E-state index in [-0.39, 0.29) is 5.91 Å². The Bertz CT molecular complexity index is 1240. The highest BCUT2D eigenvalue weighted by molar-refractivity contribution is 7.98. The van der Waals surface area contributed by atoms with E-state index in [1.54, 1.807) is 42.1 Å². The van der Waals surface area contributed by atoms with E-state index in [1.165, 1.54) is 0 Å². The number of anilines is 1. The fourth-order valence-corrected chi connectivity index (χ4v) is 4.14. The second kappa shape index (κ2) is 8.42. The van der Waals surface area contributed by atoms with Gasteiger partial charge in [0.15, 0.2) is 5.82 Å². The van der Waals surface area contributed by atoms with Crippen molar-refractivity contribution in [2.75, 3.05) is 5.32 Å². The van der Waals surface area contributed by atoms with Gasteiger partial charge in [0.2, 0.25) is 0 Å². The summed E-state index contributed by atoms with van der Waals surface area (Å²) in [5.41, 5.74) is 3.65. The number of carbonyl (C=O) groups is 1. The van der Waals surface area contributed by atoms with Crippen LogP contribution in [0, 0.1) is 13.8 Å². The number of hydrogen-bond donors (Lipinski definition) is 2. The first-order valence-electron chi connectivity index (χ1n) is 9.12. The van der Waals surface area contributed by atoms with E-state index >= 15 is 0 Å². The summed E-state index contributed by atoms with van der Waals surface area (Å²) < 4.78 is 9.75. The number of aromatic nitrogens is 3. The third-order valence-corrected chi connectivity index (χ3v) is 5.62. The lowest BCUT2D eigenvalue weighted by Gasteiger charge is -2.10. The highest BCUT2D eigenvalue weighted by atomic mass is 32.2. The maximum atomic E-state index is 12.9. The summed E-state index contributed by atoms with van der Waals surface area (Å²) in [5, 5.41) is 10.5. The van der Waals surface area contributed by atoms with Crippen LogP contribution in [0.2, 0.25) is 0 Å². The van der Waals surface area contributed by atoms with Crippen molar-refractivity contribution in [3.05, 3.63) is 81.7 Å². The van der Waals surface area contributed by atoms with Crippen molar-refractivity contribution in [3.63, 3.8) is 0 Å². The number of hydrogen-bond acceptors (Lipinski definition) is 7. The molecule has 30 heavy (non-hydrogen) atoms. The lowest BCUT2D eigenvalue weighted by atomic mass is 10.1. The molecular weight excluding hydrogens is 404 g/mol. The Morgan fingerprint density at radius 3 is 2.67 bits per heavy atom. The fourth-order valence-electron chi connectivity index (χ4n) is 2.93. The molecule has 2 N–H and O–H groups in total. The molecule has 0 saturated heterocycles. The standard InChI is InChI=1S/C21H18N4O4S/c1-12-17(13(2)28-24-12)11-30-18-9-4-3-8-16(18)20(26)22-15-7-5-6-14(10-15)19-23-21(27)29-25-19/h3-10H,11H2,1-2H3,(H,22,26)(H,23,25,27). The van der Waals surface area contributed by atoms with Gasteiger partial charge in [-0.3, -0.25) is 14.3 Å². The summed E-state index contributed by atoms with van der Waals surface area (Å²) in [6.45, 7) is 3.78. The van der Waals surface area contributed by atoms with Crippen LogP contribution in [0.4, 0.5) is 5.69 Å². The van der Waals surface area contributed by atoms with Crippen LogP contribution in [-0.2, 0) is 5.75 Å². The molecule has 9 heteroatoms. The molecule has 0 radical (unpaired) electrons. The zero-order chi connectivity index (χ0) is 21.1. The van der Waals surface area contributed by atoms with Gasteiger partial charge in [0, 0.05) is 27.5 Å². The number of benzene rings is 2. The van der Waals surface area contributed by atoms with Crippen molar-refractivity contribution >= 4 is 23.4 Å². The predicted octanol–water partition coefficient (Wildman–Crippen LogP) is 4.18.